The van der Waals surface area contributed by atoms with E-state index in [1.165, 1.54) is 0 Å². The van der Waals surface area contributed by atoms with E-state index in [0.29, 0.717) is 17.9 Å². The molecule has 1 aliphatic carbocycles. The minimum atomic E-state index is -0.209. The van der Waals surface area contributed by atoms with Crippen molar-refractivity contribution in [3.63, 3.8) is 0 Å². The van der Waals surface area contributed by atoms with Crippen molar-refractivity contribution in [2.75, 3.05) is 10.2 Å². The highest BCUT2D eigenvalue weighted by Crippen LogP contribution is 2.34. The molecule has 5 rings (SSSR count). The third kappa shape index (κ3) is 4.17. The lowest BCUT2D eigenvalue weighted by Crippen LogP contribution is -2.40. The van der Waals surface area contributed by atoms with Crippen molar-refractivity contribution in [3.8, 4) is 11.8 Å². The van der Waals surface area contributed by atoms with Gasteiger partial charge in [0.2, 0.25) is 11.8 Å². The number of hydrogen-bond donors (Lipinski definition) is 1. The van der Waals surface area contributed by atoms with Gasteiger partial charge in [0.15, 0.2) is 0 Å². The zero-order chi connectivity index (χ0) is 23.2. The fourth-order valence-electron chi connectivity index (χ4n) is 4.20. The smallest absolute Gasteiger partial charge is 0.228 e. The third-order valence-electron chi connectivity index (χ3n) is 6.31. The highest BCUT2D eigenvalue weighted by molar-refractivity contribution is 5.97. The Bertz CT molecular complexity index is 1330. The Hall–Kier alpha value is -3.79. The summed E-state index contributed by atoms with van der Waals surface area (Å²) in [6.45, 7) is 6.06. The van der Waals surface area contributed by atoms with Crippen molar-refractivity contribution in [2.24, 2.45) is 5.92 Å². The van der Waals surface area contributed by atoms with Crippen LogP contribution in [0, 0.1) is 24.7 Å². The van der Waals surface area contributed by atoms with Crippen LogP contribution in [0.1, 0.15) is 56.5 Å². The average molecular weight is 440 g/mol. The molecule has 3 aromatic heterocycles. The van der Waals surface area contributed by atoms with Crippen molar-refractivity contribution < 1.29 is 9.59 Å². The summed E-state index contributed by atoms with van der Waals surface area (Å²) in [4.78, 5) is 39.5. The van der Waals surface area contributed by atoms with Gasteiger partial charge in [0.05, 0.1) is 17.4 Å². The first kappa shape index (κ1) is 21.1. The summed E-state index contributed by atoms with van der Waals surface area (Å²) in [5.41, 5.74) is 2.77. The lowest BCUT2D eigenvalue weighted by Gasteiger charge is -2.31. The second-order valence-electron chi connectivity index (χ2n) is 9.33. The van der Waals surface area contributed by atoms with Gasteiger partial charge in [-0.1, -0.05) is 5.92 Å². The van der Waals surface area contributed by atoms with E-state index in [0.717, 1.165) is 47.0 Å². The van der Waals surface area contributed by atoms with Crippen LogP contribution in [-0.2, 0) is 9.59 Å². The van der Waals surface area contributed by atoms with E-state index >= 15 is 0 Å². The average Bonchev–Trinajstić information content (AvgIpc) is 3.60. The van der Waals surface area contributed by atoms with E-state index in [-0.39, 0.29) is 23.3 Å². The number of amides is 2. The van der Waals surface area contributed by atoms with Gasteiger partial charge in [-0.25, -0.2) is 9.97 Å². The molecule has 0 aromatic carbocycles. The number of pyridine rings is 3. The summed E-state index contributed by atoms with van der Waals surface area (Å²) < 4.78 is 0. The van der Waals surface area contributed by atoms with E-state index in [9.17, 15) is 9.59 Å². The topological polar surface area (TPSA) is 88.1 Å². The number of aromatic nitrogens is 3. The molecule has 33 heavy (non-hydrogen) atoms. The molecule has 0 atom stereocenters. The van der Waals surface area contributed by atoms with Crippen molar-refractivity contribution >= 4 is 34.1 Å². The molecule has 2 amide bonds. The van der Waals surface area contributed by atoms with Crippen LogP contribution in [0.25, 0.3) is 10.8 Å². The number of hydrogen-bond acceptors (Lipinski definition) is 5. The second-order valence-corrected chi connectivity index (χ2v) is 9.33. The first-order chi connectivity index (χ1) is 15.8. The Morgan fingerprint density at radius 3 is 2.58 bits per heavy atom. The zero-order valence-electron chi connectivity index (χ0n) is 19.0. The van der Waals surface area contributed by atoms with Crippen LogP contribution in [0.4, 0.5) is 11.5 Å². The number of nitrogens with zero attached hydrogens (tertiary/aromatic N) is 4. The van der Waals surface area contributed by atoms with Gasteiger partial charge in [-0.3, -0.25) is 14.6 Å². The highest BCUT2D eigenvalue weighted by atomic mass is 16.2. The molecule has 4 heterocycles. The van der Waals surface area contributed by atoms with Gasteiger partial charge < -0.3 is 10.2 Å². The largest absolute Gasteiger partial charge is 0.310 e. The number of carbonyl (C=O) groups is 2. The van der Waals surface area contributed by atoms with E-state index < -0.39 is 0 Å². The number of carbonyl (C=O) groups excluding carboxylic acids is 2. The summed E-state index contributed by atoms with van der Waals surface area (Å²) in [5.74, 6) is 7.03. The highest BCUT2D eigenvalue weighted by Gasteiger charge is 2.38. The second kappa shape index (κ2) is 7.96. The lowest BCUT2D eigenvalue weighted by atomic mass is 10.0. The first-order valence-electron chi connectivity index (χ1n) is 11.2. The molecule has 166 valence electrons. The van der Waals surface area contributed by atoms with E-state index in [1.807, 2.05) is 30.0 Å². The Morgan fingerprint density at radius 1 is 1.09 bits per heavy atom. The first-order valence-corrected chi connectivity index (χ1v) is 11.2. The van der Waals surface area contributed by atoms with Gasteiger partial charge >= 0.3 is 0 Å². The minimum absolute atomic E-state index is 0.0178. The third-order valence-corrected chi connectivity index (χ3v) is 6.31. The van der Waals surface area contributed by atoms with Crippen LogP contribution < -0.4 is 10.2 Å². The fraction of sp³-hybridized carbons (Fsp3) is 0.346. The lowest BCUT2D eigenvalue weighted by molar-refractivity contribution is -0.118. The zero-order valence-corrected chi connectivity index (χ0v) is 19.0. The summed E-state index contributed by atoms with van der Waals surface area (Å²) in [7, 11) is 0. The maximum absolute atomic E-state index is 12.3. The van der Waals surface area contributed by atoms with Crippen molar-refractivity contribution in [1.29, 1.82) is 0 Å². The number of aryl methyl sites for hydroxylation is 1. The minimum Gasteiger partial charge on any atom is -0.310 e. The molecule has 1 saturated carbocycles. The van der Waals surface area contributed by atoms with Gasteiger partial charge in [0.1, 0.15) is 11.5 Å². The van der Waals surface area contributed by atoms with E-state index in [1.54, 1.807) is 18.6 Å². The van der Waals surface area contributed by atoms with E-state index in [4.69, 9.17) is 0 Å². The molecular weight excluding hydrogens is 414 g/mol. The quantitative estimate of drug-likeness (QED) is 0.624. The normalized spacial score (nSPS) is 17.1. The van der Waals surface area contributed by atoms with Crippen molar-refractivity contribution in [3.05, 3.63) is 53.7 Å². The van der Waals surface area contributed by atoms with Gasteiger partial charge in [-0.05, 0) is 64.2 Å². The van der Waals surface area contributed by atoms with E-state index in [2.05, 4.69) is 46.0 Å². The molecule has 2 aliphatic rings. The molecule has 1 N–H and O–H groups in total. The Morgan fingerprint density at radius 2 is 1.91 bits per heavy atom. The van der Waals surface area contributed by atoms with Crippen molar-refractivity contribution in [1.82, 2.24) is 15.0 Å². The van der Waals surface area contributed by atoms with Crippen LogP contribution in [0.2, 0.25) is 0 Å². The molecule has 0 bridgehead atoms. The molecule has 7 heteroatoms. The molecule has 3 aromatic rings. The maximum atomic E-state index is 12.3. The molecule has 0 radical (unpaired) electrons. The molecular formula is C26H25N5O2. The summed E-state index contributed by atoms with van der Waals surface area (Å²) >= 11 is 0. The van der Waals surface area contributed by atoms with Crippen molar-refractivity contribution in [2.45, 2.75) is 52.0 Å². The predicted molar refractivity (Wildman–Crippen MR) is 127 cm³/mol. The van der Waals surface area contributed by atoms with Gasteiger partial charge in [0.25, 0.3) is 0 Å². The Kier molecular flexibility index (Phi) is 5.09. The molecule has 0 spiro atoms. The molecule has 0 unspecified atom stereocenters. The van der Waals surface area contributed by atoms with Crippen LogP contribution in [0.3, 0.4) is 0 Å². The fourth-order valence-corrected chi connectivity index (χ4v) is 4.20. The Labute approximate surface area is 192 Å². The van der Waals surface area contributed by atoms with Crippen LogP contribution >= 0.6 is 0 Å². The number of anilines is 2. The maximum Gasteiger partial charge on any atom is 0.228 e. The van der Waals surface area contributed by atoms with Gasteiger partial charge in [0, 0.05) is 46.7 Å². The molecule has 1 saturated heterocycles. The molecule has 1 aliphatic heterocycles. The number of rotatable bonds is 3. The standard InChI is InChI=1S/C26H25N5O2/c1-16-22-15-29-23(30-25(33)17-4-5-17)12-21(22)18(13-27-16)6-7-19-8-9-20(14-28-19)31-24(32)10-11-26(31,2)3/h8-9,12-15,17H,4-5,10-11H2,1-3H3,(H,29,30,33). The summed E-state index contributed by atoms with van der Waals surface area (Å²) in [6.07, 6.45) is 8.43. The SMILES string of the molecule is Cc1ncc(C#Cc2ccc(N3C(=O)CCC3(C)C)cn2)c2cc(NC(=O)C3CC3)ncc12. The number of nitrogens with one attached hydrogen (secondary N) is 1. The van der Waals surface area contributed by atoms with Crippen LogP contribution in [0.15, 0.2) is 36.8 Å². The van der Waals surface area contributed by atoms with Gasteiger partial charge in [-0.15, -0.1) is 0 Å². The predicted octanol–water partition coefficient (Wildman–Crippen LogP) is 3.99. The summed E-state index contributed by atoms with van der Waals surface area (Å²) in [5, 5.41) is 4.68. The molecule has 7 nitrogen and oxygen atoms in total. The van der Waals surface area contributed by atoms with Crippen LogP contribution in [-0.4, -0.2) is 32.3 Å². The monoisotopic (exact) mass is 439 g/mol. The van der Waals surface area contributed by atoms with Gasteiger partial charge in [-0.2, -0.15) is 0 Å². The molecule has 2 fully saturated rings. The van der Waals surface area contributed by atoms with Crippen LogP contribution in [0.5, 0.6) is 0 Å². The Balaban J connectivity index is 1.43. The summed E-state index contributed by atoms with van der Waals surface area (Å²) in [6, 6.07) is 5.57. The number of fused-ring (bicyclic) bond motifs is 1.